The van der Waals surface area contributed by atoms with Crippen molar-refractivity contribution in [2.24, 2.45) is 0 Å². The van der Waals surface area contributed by atoms with E-state index >= 15 is 0 Å². The summed E-state index contributed by atoms with van der Waals surface area (Å²) in [5.41, 5.74) is 1.03. The lowest BCUT2D eigenvalue weighted by Crippen LogP contribution is -2.32. The standard InChI is InChI=1S/C13H16ClN3O2/c1-13(2,3)19-12(18)15-7-10-16-9-6-4-5-8(14)11(9)17-10/h4-6H,7H2,1-3H3,(H,15,18)(H,16,17). The number of carbonyl (C=O) groups is 1. The molecule has 102 valence electrons. The van der Waals surface area contributed by atoms with Crippen LogP contribution in [0.5, 0.6) is 0 Å². The first-order valence-electron chi connectivity index (χ1n) is 5.95. The van der Waals surface area contributed by atoms with E-state index in [-0.39, 0.29) is 6.54 Å². The third-order valence-corrected chi connectivity index (χ3v) is 2.62. The highest BCUT2D eigenvalue weighted by atomic mass is 35.5. The fraction of sp³-hybridized carbons (Fsp3) is 0.385. The van der Waals surface area contributed by atoms with Gasteiger partial charge in [-0.05, 0) is 32.9 Å². The molecule has 0 bridgehead atoms. The molecular weight excluding hydrogens is 266 g/mol. The van der Waals surface area contributed by atoms with Gasteiger partial charge in [-0.2, -0.15) is 0 Å². The van der Waals surface area contributed by atoms with Crippen molar-refractivity contribution in [2.45, 2.75) is 32.9 Å². The van der Waals surface area contributed by atoms with Gasteiger partial charge in [-0.25, -0.2) is 9.78 Å². The molecule has 19 heavy (non-hydrogen) atoms. The van der Waals surface area contributed by atoms with Crippen molar-refractivity contribution in [2.75, 3.05) is 0 Å². The largest absolute Gasteiger partial charge is 0.444 e. The number of ether oxygens (including phenoxy) is 1. The van der Waals surface area contributed by atoms with Crippen molar-refractivity contribution < 1.29 is 9.53 Å². The first-order chi connectivity index (χ1) is 8.85. The molecule has 0 aliphatic rings. The molecule has 2 rings (SSSR count). The minimum Gasteiger partial charge on any atom is -0.444 e. The Labute approximate surface area is 116 Å². The number of hydrogen-bond acceptors (Lipinski definition) is 3. The van der Waals surface area contributed by atoms with Crippen LogP contribution in [-0.4, -0.2) is 21.7 Å². The number of nitrogens with one attached hydrogen (secondary N) is 2. The molecule has 6 heteroatoms. The van der Waals surface area contributed by atoms with E-state index in [0.717, 1.165) is 5.52 Å². The number of rotatable bonds is 2. The molecule has 2 aromatic rings. The van der Waals surface area contributed by atoms with Crippen LogP contribution in [0, 0.1) is 0 Å². The minimum absolute atomic E-state index is 0.264. The number of benzene rings is 1. The zero-order chi connectivity index (χ0) is 14.0. The number of imidazole rings is 1. The summed E-state index contributed by atoms with van der Waals surface area (Å²) in [5, 5.41) is 3.22. The number of para-hydroxylation sites is 1. The van der Waals surface area contributed by atoms with Gasteiger partial charge in [0, 0.05) is 0 Å². The lowest BCUT2D eigenvalue weighted by atomic mass is 10.2. The molecule has 0 aliphatic heterocycles. The van der Waals surface area contributed by atoms with Crippen LogP contribution in [0.4, 0.5) is 4.79 Å². The minimum atomic E-state index is -0.513. The smallest absolute Gasteiger partial charge is 0.408 e. The van der Waals surface area contributed by atoms with Gasteiger partial charge in [-0.1, -0.05) is 17.7 Å². The van der Waals surface area contributed by atoms with Crippen LogP contribution < -0.4 is 5.32 Å². The summed E-state index contributed by atoms with van der Waals surface area (Å²) in [4.78, 5) is 18.9. The molecule has 2 N–H and O–H groups in total. The summed E-state index contributed by atoms with van der Waals surface area (Å²) in [6.07, 6.45) is -0.473. The number of carbonyl (C=O) groups excluding carboxylic acids is 1. The highest BCUT2D eigenvalue weighted by Crippen LogP contribution is 2.20. The number of aromatic amines is 1. The van der Waals surface area contributed by atoms with E-state index in [0.29, 0.717) is 16.4 Å². The number of aromatic nitrogens is 2. The third kappa shape index (κ3) is 3.61. The van der Waals surface area contributed by atoms with E-state index in [4.69, 9.17) is 16.3 Å². The molecule has 0 fully saturated rings. The predicted molar refractivity (Wildman–Crippen MR) is 74.2 cm³/mol. The molecule has 0 aliphatic carbocycles. The van der Waals surface area contributed by atoms with E-state index < -0.39 is 11.7 Å². The van der Waals surface area contributed by atoms with Crippen molar-refractivity contribution in [3.05, 3.63) is 29.0 Å². The molecule has 0 saturated carbocycles. The second-order valence-electron chi connectivity index (χ2n) is 5.17. The van der Waals surface area contributed by atoms with Crippen LogP contribution in [0.2, 0.25) is 5.02 Å². The van der Waals surface area contributed by atoms with Gasteiger partial charge < -0.3 is 15.0 Å². The van der Waals surface area contributed by atoms with Gasteiger partial charge in [-0.3, -0.25) is 0 Å². The summed E-state index contributed by atoms with van der Waals surface area (Å²) in [6.45, 7) is 5.70. The summed E-state index contributed by atoms with van der Waals surface area (Å²) in [6, 6.07) is 5.49. The van der Waals surface area contributed by atoms with E-state index in [1.165, 1.54) is 0 Å². The molecule has 1 amide bonds. The maximum atomic E-state index is 11.5. The Hall–Kier alpha value is -1.75. The van der Waals surface area contributed by atoms with Crippen LogP contribution in [-0.2, 0) is 11.3 Å². The van der Waals surface area contributed by atoms with Gasteiger partial charge in [-0.15, -0.1) is 0 Å². The molecule has 0 unspecified atom stereocenters. The molecule has 0 radical (unpaired) electrons. The molecule has 5 nitrogen and oxygen atoms in total. The van der Waals surface area contributed by atoms with Gasteiger partial charge >= 0.3 is 6.09 Å². The lowest BCUT2D eigenvalue weighted by molar-refractivity contribution is 0.0522. The maximum absolute atomic E-state index is 11.5. The first kappa shape index (κ1) is 13.7. The predicted octanol–water partition coefficient (Wildman–Crippen LogP) is 3.24. The number of halogens is 1. The lowest BCUT2D eigenvalue weighted by Gasteiger charge is -2.19. The Morgan fingerprint density at radius 2 is 2.21 bits per heavy atom. The molecular formula is C13H16ClN3O2. The van der Waals surface area contributed by atoms with Gasteiger partial charge in [0.1, 0.15) is 16.9 Å². The van der Waals surface area contributed by atoms with Crippen molar-refractivity contribution in [3.8, 4) is 0 Å². The molecule has 1 aromatic carbocycles. The van der Waals surface area contributed by atoms with E-state index in [2.05, 4.69) is 15.3 Å². The monoisotopic (exact) mass is 281 g/mol. The molecule has 0 saturated heterocycles. The normalized spacial score (nSPS) is 11.6. The van der Waals surface area contributed by atoms with Gasteiger partial charge in [0.05, 0.1) is 17.1 Å². The summed E-state index contributed by atoms with van der Waals surface area (Å²) >= 11 is 6.03. The van der Waals surface area contributed by atoms with E-state index in [9.17, 15) is 4.79 Å². The third-order valence-electron chi connectivity index (χ3n) is 2.31. The second-order valence-corrected chi connectivity index (χ2v) is 5.58. The Kier molecular flexibility index (Phi) is 3.66. The van der Waals surface area contributed by atoms with Crippen LogP contribution in [0.15, 0.2) is 18.2 Å². The molecule has 0 spiro atoms. The summed E-state index contributed by atoms with van der Waals surface area (Å²) in [7, 11) is 0. The summed E-state index contributed by atoms with van der Waals surface area (Å²) in [5.74, 6) is 0.633. The van der Waals surface area contributed by atoms with Crippen LogP contribution >= 0.6 is 11.6 Å². The Morgan fingerprint density at radius 3 is 2.84 bits per heavy atom. The van der Waals surface area contributed by atoms with Crippen molar-refractivity contribution in [3.63, 3.8) is 0 Å². The Bertz CT molecular complexity index is 601. The molecule has 1 heterocycles. The van der Waals surface area contributed by atoms with E-state index in [1.54, 1.807) is 6.07 Å². The first-order valence-corrected chi connectivity index (χ1v) is 6.33. The van der Waals surface area contributed by atoms with Gasteiger partial charge in [0.25, 0.3) is 0 Å². The van der Waals surface area contributed by atoms with Gasteiger partial charge in [0.2, 0.25) is 0 Å². The molecule has 0 atom stereocenters. The highest BCUT2D eigenvalue weighted by molar-refractivity contribution is 6.34. The average molecular weight is 282 g/mol. The SMILES string of the molecule is CC(C)(C)OC(=O)NCc1nc2c(Cl)cccc2[nH]1. The fourth-order valence-electron chi connectivity index (χ4n) is 1.60. The second kappa shape index (κ2) is 5.09. The molecule has 1 aromatic heterocycles. The van der Waals surface area contributed by atoms with Crippen LogP contribution in [0.3, 0.4) is 0 Å². The number of fused-ring (bicyclic) bond motifs is 1. The van der Waals surface area contributed by atoms with E-state index in [1.807, 2.05) is 32.9 Å². The fourth-order valence-corrected chi connectivity index (χ4v) is 1.82. The zero-order valence-electron chi connectivity index (χ0n) is 11.1. The van der Waals surface area contributed by atoms with Crippen molar-refractivity contribution in [1.82, 2.24) is 15.3 Å². The number of H-pyrrole nitrogens is 1. The number of alkyl carbamates (subject to hydrolysis) is 1. The number of amides is 1. The maximum Gasteiger partial charge on any atom is 0.408 e. The highest BCUT2D eigenvalue weighted by Gasteiger charge is 2.16. The topological polar surface area (TPSA) is 67.0 Å². The quantitative estimate of drug-likeness (QED) is 0.888. The Morgan fingerprint density at radius 1 is 1.47 bits per heavy atom. The van der Waals surface area contributed by atoms with Crippen LogP contribution in [0.1, 0.15) is 26.6 Å². The summed E-state index contributed by atoms with van der Waals surface area (Å²) < 4.78 is 5.14. The number of nitrogens with zero attached hydrogens (tertiary/aromatic N) is 1. The average Bonchev–Trinajstić information content (AvgIpc) is 2.68. The van der Waals surface area contributed by atoms with Crippen molar-refractivity contribution >= 4 is 28.7 Å². The zero-order valence-corrected chi connectivity index (χ0v) is 11.8. The number of hydrogen-bond donors (Lipinski definition) is 2. The van der Waals surface area contributed by atoms with Crippen LogP contribution in [0.25, 0.3) is 11.0 Å². The van der Waals surface area contributed by atoms with Crippen molar-refractivity contribution in [1.29, 1.82) is 0 Å². The van der Waals surface area contributed by atoms with Gasteiger partial charge in [0.15, 0.2) is 0 Å². The Balaban J connectivity index is 2.02.